The van der Waals surface area contributed by atoms with Crippen molar-refractivity contribution in [2.45, 2.75) is 88.0 Å². The van der Waals surface area contributed by atoms with E-state index in [0.717, 1.165) is 70.6 Å². The highest BCUT2D eigenvalue weighted by Gasteiger charge is 2.37. The molecule has 4 aliphatic rings. The number of hydrogen-bond acceptors (Lipinski definition) is 3. The molecule has 0 saturated carbocycles. The summed E-state index contributed by atoms with van der Waals surface area (Å²) in [7, 11) is -3.23. The molecule has 0 spiro atoms. The van der Waals surface area contributed by atoms with Gasteiger partial charge in [0.2, 0.25) is 0 Å². The fraction of sp³-hybridized carbons (Fsp3) is 0.412. The van der Waals surface area contributed by atoms with Crippen LogP contribution >= 0.6 is 7.44 Å². The van der Waals surface area contributed by atoms with Crippen molar-refractivity contribution < 1.29 is 4.57 Å². The average Bonchev–Trinajstić information content (AvgIpc) is 3.58. The van der Waals surface area contributed by atoms with Gasteiger partial charge in [-0.25, -0.2) is 9.98 Å². The predicted octanol–water partition coefficient (Wildman–Crippen LogP) is 7.27. The molecule has 2 aromatic heterocycles. The second-order valence-corrected chi connectivity index (χ2v) is 14.1. The molecule has 6 bridgehead atoms. The smallest absolute Gasteiger partial charge is 0.271 e. The van der Waals surface area contributed by atoms with E-state index < -0.39 is 7.44 Å². The van der Waals surface area contributed by atoms with E-state index in [9.17, 15) is 0 Å². The molecule has 0 N–H and O–H groups in total. The van der Waals surface area contributed by atoms with Gasteiger partial charge in [0.05, 0.1) is 44.9 Å². The molecule has 6 heterocycles. The van der Waals surface area contributed by atoms with Crippen LogP contribution in [0.5, 0.6) is 0 Å². The number of rotatable bonds is 5. The van der Waals surface area contributed by atoms with E-state index in [1.807, 2.05) is 0 Å². The van der Waals surface area contributed by atoms with Crippen molar-refractivity contribution in [3.05, 3.63) is 78.0 Å². The largest absolute Gasteiger partial charge is 0.275 e. The number of hydrogen-bond donors (Lipinski definition) is 0. The fourth-order valence-corrected chi connectivity index (χ4v) is 10.1. The van der Waals surface area contributed by atoms with Gasteiger partial charge in [-0.1, -0.05) is 34.6 Å². The van der Waals surface area contributed by atoms with E-state index in [0.29, 0.717) is 6.16 Å². The van der Waals surface area contributed by atoms with Crippen LogP contribution in [0.15, 0.2) is 43.7 Å². The number of aromatic nitrogens is 2. The summed E-state index contributed by atoms with van der Waals surface area (Å²) >= 11 is 0. The molecular weight excluding hydrogens is 511 g/mol. The molecule has 0 saturated heterocycles. The molecule has 0 radical (unpaired) electrons. The minimum absolute atomic E-state index is 0.509. The third-order valence-corrected chi connectivity index (χ3v) is 12.5. The third kappa shape index (κ3) is 3.43. The first kappa shape index (κ1) is 27.0. The van der Waals surface area contributed by atoms with Gasteiger partial charge in [-0.05, 0) is 122 Å². The molecule has 0 aliphatic carbocycles. The zero-order valence-electron chi connectivity index (χ0n) is 25.5. The van der Waals surface area contributed by atoms with Crippen LogP contribution < -0.4 is 10.7 Å². The zero-order valence-corrected chi connectivity index (χ0v) is 26.4. The van der Waals surface area contributed by atoms with Gasteiger partial charge >= 0.3 is 0 Å². The predicted molar refractivity (Wildman–Crippen MR) is 171 cm³/mol. The lowest BCUT2D eigenvalue weighted by Crippen LogP contribution is -2.32. The van der Waals surface area contributed by atoms with Crippen LogP contribution in [-0.2, 0) is 17.4 Å². The highest BCUT2D eigenvalue weighted by molar-refractivity contribution is 7.60. The van der Waals surface area contributed by atoms with Gasteiger partial charge in [-0.2, -0.15) is 0 Å². The van der Waals surface area contributed by atoms with Crippen LogP contribution in [0.4, 0.5) is 0 Å². The van der Waals surface area contributed by atoms with Crippen LogP contribution in [0.1, 0.15) is 94.9 Å². The van der Waals surface area contributed by atoms with Gasteiger partial charge in [0.15, 0.2) is 0 Å². The molecular formula is C34H41N4OP. The van der Waals surface area contributed by atoms with Crippen molar-refractivity contribution in [3.8, 4) is 0 Å². The summed E-state index contributed by atoms with van der Waals surface area (Å²) in [5.41, 5.74) is 15.8. The Kier molecular flexibility index (Phi) is 6.38. The fourth-order valence-electron chi connectivity index (χ4n) is 7.29. The van der Waals surface area contributed by atoms with Gasteiger partial charge in [0, 0.05) is 6.16 Å². The molecule has 4 aliphatic heterocycles. The Morgan fingerprint density at radius 3 is 1.88 bits per heavy atom. The quantitative estimate of drug-likeness (QED) is 0.360. The lowest BCUT2D eigenvalue weighted by Gasteiger charge is -2.26. The van der Waals surface area contributed by atoms with Crippen molar-refractivity contribution in [2.24, 2.45) is 9.98 Å². The summed E-state index contributed by atoms with van der Waals surface area (Å²) in [6.07, 6.45) is 12.9. The van der Waals surface area contributed by atoms with Crippen LogP contribution in [0.2, 0.25) is 0 Å². The molecule has 6 heteroatoms. The Morgan fingerprint density at radius 2 is 1.25 bits per heavy atom. The number of nitrogens with zero attached hydrogens (tertiary/aromatic N) is 4. The SMILES string of the molecule is CCC1=C(C)C2=NC1=Cc1c(C)c(CC)c3n1P(=O)(CC)n1c(c(C)c(CC)c1=C2)=CC1=NC(=C3)C(C)=C1CC. The summed E-state index contributed by atoms with van der Waals surface area (Å²) in [5.74, 6) is 0. The van der Waals surface area contributed by atoms with Crippen molar-refractivity contribution in [1.29, 1.82) is 0 Å². The number of fused-ring (bicyclic) bond motifs is 2. The second kappa shape index (κ2) is 9.45. The molecule has 208 valence electrons. The van der Waals surface area contributed by atoms with Crippen LogP contribution in [0.3, 0.4) is 0 Å². The standard InChI is InChI=1S/C34H41N4OP/c1-10-23-19(6)27-15-33-26(13-4)22(9)32-18-30-24(11-2)20(7)28(36-30)16-34-25(12-3)21(8)31(17-29(23)35-27)37(34)40(39,14-5)38(32)33/h15-18H,10-14H2,1-9H3. The van der Waals surface area contributed by atoms with Crippen LogP contribution in [0.25, 0.3) is 24.3 Å². The second-order valence-electron chi connectivity index (χ2n) is 11.3. The Balaban J connectivity index is 1.97. The van der Waals surface area contributed by atoms with E-state index in [1.165, 1.54) is 44.5 Å². The summed E-state index contributed by atoms with van der Waals surface area (Å²) < 4.78 is 20.4. The van der Waals surface area contributed by atoms with Crippen molar-refractivity contribution in [3.63, 3.8) is 0 Å². The van der Waals surface area contributed by atoms with E-state index in [1.54, 1.807) is 0 Å². The van der Waals surface area contributed by atoms with Gasteiger partial charge in [0.1, 0.15) is 0 Å². The molecule has 0 fully saturated rings. The average molecular weight is 553 g/mol. The zero-order chi connectivity index (χ0) is 28.7. The minimum Gasteiger partial charge on any atom is -0.275 e. The summed E-state index contributed by atoms with van der Waals surface area (Å²) in [4.78, 5) is 10.4. The molecule has 2 aromatic rings. The maximum Gasteiger partial charge on any atom is 0.271 e. The van der Waals surface area contributed by atoms with Crippen molar-refractivity contribution in [1.82, 2.24) is 8.68 Å². The molecule has 6 rings (SSSR count). The van der Waals surface area contributed by atoms with E-state index in [4.69, 9.17) is 9.98 Å². The lowest BCUT2D eigenvalue weighted by molar-refractivity contribution is 0.559. The first-order valence-electron chi connectivity index (χ1n) is 14.9. The Labute approximate surface area is 238 Å². The van der Waals surface area contributed by atoms with E-state index >= 15 is 4.57 Å². The van der Waals surface area contributed by atoms with Crippen LogP contribution in [-0.4, -0.2) is 26.3 Å². The topological polar surface area (TPSA) is 51.6 Å². The Morgan fingerprint density at radius 1 is 0.625 bits per heavy atom. The highest BCUT2D eigenvalue weighted by atomic mass is 31.2. The summed E-state index contributed by atoms with van der Waals surface area (Å²) in [6.45, 7) is 19.7. The van der Waals surface area contributed by atoms with Crippen LogP contribution in [0, 0.1) is 13.8 Å². The lowest BCUT2D eigenvalue weighted by atomic mass is 10.0. The summed E-state index contributed by atoms with van der Waals surface area (Å²) in [5, 5.41) is 2.03. The first-order valence-corrected chi connectivity index (χ1v) is 16.7. The number of aliphatic imine (C=N–C) groups is 2. The highest BCUT2D eigenvalue weighted by Crippen LogP contribution is 2.53. The molecule has 0 aromatic carbocycles. The van der Waals surface area contributed by atoms with E-state index in [2.05, 4.69) is 95.3 Å². The number of allylic oxidation sites excluding steroid dienone is 4. The van der Waals surface area contributed by atoms with Crippen molar-refractivity contribution in [2.75, 3.05) is 6.16 Å². The monoisotopic (exact) mass is 552 g/mol. The molecule has 40 heavy (non-hydrogen) atoms. The maximum absolute atomic E-state index is 16.0. The molecule has 5 nitrogen and oxygen atoms in total. The third-order valence-electron chi connectivity index (χ3n) is 9.52. The van der Waals surface area contributed by atoms with E-state index in [-0.39, 0.29) is 0 Å². The summed E-state index contributed by atoms with van der Waals surface area (Å²) in [6, 6.07) is 0. The molecule has 1 atom stereocenters. The Bertz CT molecular complexity index is 1880. The normalized spacial score (nSPS) is 21.1. The molecule has 1 unspecified atom stereocenters. The first-order chi connectivity index (χ1) is 19.1. The van der Waals surface area contributed by atoms with Gasteiger partial charge in [0.25, 0.3) is 7.44 Å². The molecule has 0 amide bonds. The van der Waals surface area contributed by atoms with Gasteiger partial charge in [-0.15, -0.1) is 0 Å². The Hall–Kier alpha value is -3.17. The maximum atomic E-state index is 16.0. The minimum atomic E-state index is -3.23. The van der Waals surface area contributed by atoms with Gasteiger partial charge in [-0.3, -0.25) is 13.2 Å². The van der Waals surface area contributed by atoms with Crippen molar-refractivity contribution >= 4 is 43.2 Å². The van der Waals surface area contributed by atoms with Gasteiger partial charge < -0.3 is 0 Å².